The largest absolute Gasteiger partial charge is 0.368 e. The maximum Gasteiger partial charge on any atom is 0.246 e. The van der Waals surface area contributed by atoms with Crippen molar-refractivity contribution in [3.63, 3.8) is 0 Å². The van der Waals surface area contributed by atoms with Gasteiger partial charge in [-0.15, -0.1) is 0 Å². The molecule has 3 atom stereocenters. The molecule has 0 saturated heterocycles. The van der Waals surface area contributed by atoms with Gasteiger partial charge in [-0.1, -0.05) is 40.0 Å². The van der Waals surface area contributed by atoms with Gasteiger partial charge in [-0.2, -0.15) is 0 Å². The van der Waals surface area contributed by atoms with Crippen molar-refractivity contribution in [2.24, 2.45) is 11.8 Å². The van der Waals surface area contributed by atoms with E-state index in [0.29, 0.717) is 0 Å². The van der Waals surface area contributed by atoms with Gasteiger partial charge in [-0.05, 0) is 31.6 Å². The number of amides is 1. The quantitative estimate of drug-likeness (QED) is 0.781. The Morgan fingerprint density at radius 1 is 1.30 bits per heavy atom. The van der Waals surface area contributed by atoms with Gasteiger partial charge in [0.15, 0.2) is 5.78 Å². The Kier molecular flexibility index (Phi) is 7.20. The fourth-order valence-electron chi connectivity index (χ4n) is 2.91. The Morgan fingerprint density at radius 2 is 2.00 bits per heavy atom. The van der Waals surface area contributed by atoms with Crippen LogP contribution in [-0.2, 0) is 14.3 Å². The summed E-state index contributed by atoms with van der Waals surface area (Å²) in [6.45, 7) is 7.65. The predicted octanol–water partition coefficient (Wildman–Crippen LogP) is 2.70. The van der Waals surface area contributed by atoms with Crippen molar-refractivity contribution in [3.8, 4) is 0 Å². The van der Waals surface area contributed by atoms with Crippen LogP contribution in [0.5, 0.6) is 0 Å². The number of Topliss-reactive ketones (excluding diaryl/α,β-unsaturated/α-hetero) is 1. The Hall–Kier alpha value is -0.900. The lowest BCUT2D eigenvalue weighted by Crippen LogP contribution is -2.45. The Labute approximate surface area is 122 Å². The summed E-state index contributed by atoms with van der Waals surface area (Å²) in [6, 6.07) is -0.402. The molecule has 4 heteroatoms. The van der Waals surface area contributed by atoms with E-state index in [1.165, 1.54) is 26.2 Å². The van der Waals surface area contributed by atoms with Gasteiger partial charge in [0, 0.05) is 0 Å². The van der Waals surface area contributed by atoms with Crippen LogP contribution in [0.25, 0.3) is 0 Å². The summed E-state index contributed by atoms with van der Waals surface area (Å²) in [4.78, 5) is 23.3. The van der Waals surface area contributed by atoms with E-state index in [-0.39, 0.29) is 30.3 Å². The second kappa shape index (κ2) is 8.40. The van der Waals surface area contributed by atoms with Crippen molar-refractivity contribution in [3.05, 3.63) is 0 Å². The Balaban J connectivity index is 2.33. The van der Waals surface area contributed by atoms with Gasteiger partial charge < -0.3 is 10.1 Å². The van der Waals surface area contributed by atoms with Crippen LogP contribution in [0.4, 0.5) is 0 Å². The van der Waals surface area contributed by atoms with Crippen molar-refractivity contribution >= 4 is 11.7 Å². The summed E-state index contributed by atoms with van der Waals surface area (Å²) >= 11 is 0. The topological polar surface area (TPSA) is 55.4 Å². The zero-order chi connectivity index (χ0) is 15.1. The molecule has 0 radical (unpaired) electrons. The third-order valence-corrected chi connectivity index (χ3v) is 4.18. The molecule has 20 heavy (non-hydrogen) atoms. The maximum absolute atomic E-state index is 11.9. The minimum Gasteiger partial charge on any atom is -0.368 e. The minimum absolute atomic E-state index is 0.00272. The van der Waals surface area contributed by atoms with Crippen LogP contribution in [0.2, 0.25) is 0 Å². The molecular weight excluding hydrogens is 254 g/mol. The van der Waals surface area contributed by atoms with Crippen LogP contribution >= 0.6 is 0 Å². The van der Waals surface area contributed by atoms with Gasteiger partial charge >= 0.3 is 0 Å². The lowest BCUT2D eigenvalue weighted by atomic mass is 9.85. The standard InChI is InChI=1S/C16H29NO3/c1-5-13-7-6-8-14(9-13)20-10-15(19)17-16(11(2)3)12(4)18/h11,13-14,16H,5-10H2,1-4H3,(H,17,19). The van der Waals surface area contributed by atoms with E-state index in [4.69, 9.17) is 4.74 Å². The molecule has 1 aliphatic carbocycles. The van der Waals surface area contributed by atoms with E-state index >= 15 is 0 Å². The van der Waals surface area contributed by atoms with Gasteiger partial charge in [0.2, 0.25) is 5.91 Å². The number of hydrogen-bond donors (Lipinski definition) is 1. The molecule has 0 aromatic rings. The number of carbonyl (C=O) groups is 2. The van der Waals surface area contributed by atoms with Gasteiger partial charge in [-0.25, -0.2) is 0 Å². The van der Waals surface area contributed by atoms with Crippen molar-refractivity contribution in [2.75, 3.05) is 6.61 Å². The van der Waals surface area contributed by atoms with Gasteiger partial charge in [0.25, 0.3) is 0 Å². The molecule has 0 bridgehead atoms. The summed E-state index contributed by atoms with van der Waals surface area (Å²) in [6.07, 6.45) is 5.96. The molecule has 3 unspecified atom stereocenters. The normalized spacial score (nSPS) is 24.4. The van der Waals surface area contributed by atoms with Gasteiger partial charge in [0.1, 0.15) is 6.61 Å². The third kappa shape index (κ3) is 5.61. The summed E-state index contributed by atoms with van der Waals surface area (Å²) in [5, 5.41) is 2.77. The number of carbonyl (C=O) groups excluding carboxylic acids is 2. The lowest BCUT2D eigenvalue weighted by Gasteiger charge is -2.28. The summed E-state index contributed by atoms with van der Waals surface area (Å²) in [5.41, 5.74) is 0. The zero-order valence-electron chi connectivity index (χ0n) is 13.3. The molecule has 1 fully saturated rings. The molecule has 0 spiro atoms. The Bertz CT molecular complexity index is 328. The minimum atomic E-state index is -0.402. The van der Waals surface area contributed by atoms with Crippen molar-refractivity contribution < 1.29 is 14.3 Å². The molecule has 1 rings (SSSR count). The molecule has 1 amide bonds. The molecule has 4 nitrogen and oxygen atoms in total. The monoisotopic (exact) mass is 283 g/mol. The van der Waals surface area contributed by atoms with E-state index in [9.17, 15) is 9.59 Å². The number of rotatable bonds is 7. The first-order valence-corrected chi connectivity index (χ1v) is 7.85. The fourth-order valence-corrected chi connectivity index (χ4v) is 2.91. The molecule has 116 valence electrons. The van der Waals surface area contributed by atoms with Crippen LogP contribution in [0.1, 0.15) is 59.8 Å². The molecule has 0 aromatic heterocycles. The van der Waals surface area contributed by atoms with Gasteiger partial charge in [-0.3, -0.25) is 9.59 Å². The van der Waals surface area contributed by atoms with Crippen molar-refractivity contribution in [1.82, 2.24) is 5.32 Å². The molecule has 0 aliphatic heterocycles. The predicted molar refractivity (Wildman–Crippen MR) is 79.4 cm³/mol. The second-order valence-electron chi connectivity index (χ2n) is 6.27. The van der Waals surface area contributed by atoms with E-state index in [0.717, 1.165) is 18.8 Å². The SMILES string of the molecule is CCC1CCCC(OCC(=O)NC(C(C)=O)C(C)C)C1. The highest BCUT2D eigenvalue weighted by molar-refractivity contribution is 5.88. The summed E-state index contributed by atoms with van der Waals surface area (Å²) < 4.78 is 5.71. The smallest absolute Gasteiger partial charge is 0.246 e. The van der Waals surface area contributed by atoms with E-state index in [1.807, 2.05) is 13.8 Å². The highest BCUT2D eigenvalue weighted by atomic mass is 16.5. The maximum atomic E-state index is 11.9. The number of hydrogen-bond acceptors (Lipinski definition) is 3. The first-order valence-electron chi connectivity index (χ1n) is 7.85. The fraction of sp³-hybridized carbons (Fsp3) is 0.875. The average molecular weight is 283 g/mol. The molecule has 1 aliphatic rings. The van der Waals surface area contributed by atoms with Crippen LogP contribution in [-0.4, -0.2) is 30.4 Å². The van der Waals surface area contributed by atoms with E-state index in [2.05, 4.69) is 12.2 Å². The average Bonchev–Trinajstić information content (AvgIpc) is 2.42. The second-order valence-corrected chi connectivity index (χ2v) is 6.27. The molecule has 1 saturated carbocycles. The van der Waals surface area contributed by atoms with Crippen molar-refractivity contribution in [1.29, 1.82) is 0 Å². The molecule has 1 N–H and O–H groups in total. The van der Waals surface area contributed by atoms with Crippen LogP contribution in [0.3, 0.4) is 0 Å². The lowest BCUT2D eigenvalue weighted by molar-refractivity contribution is -0.133. The van der Waals surface area contributed by atoms with Crippen LogP contribution < -0.4 is 5.32 Å². The Morgan fingerprint density at radius 3 is 2.55 bits per heavy atom. The number of ether oxygens (including phenoxy) is 1. The first-order chi connectivity index (χ1) is 9.43. The van der Waals surface area contributed by atoms with E-state index < -0.39 is 6.04 Å². The van der Waals surface area contributed by atoms with Crippen molar-refractivity contribution in [2.45, 2.75) is 71.9 Å². The molecule has 0 aromatic carbocycles. The first kappa shape index (κ1) is 17.2. The van der Waals surface area contributed by atoms with Gasteiger partial charge in [0.05, 0.1) is 12.1 Å². The zero-order valence-corrected chi connectivity index (χ0v) is 13.3. The summed E-state index contributed by atoms with van der Waals surface area (Å²) in [7, 11) is 0. The van der Waals surface area contributed by atoms with Crippen LogP contribution in [0.15, 0.2) is 0 Å². The number of nitrogens with one attached hydrogen (secondary N) is 1. The molecular formula is C16H29NO3. The number of ketones is 1. The molecule has 0 heterocycles. The highest BCUT2D eigenvalue weighted by Gasteiger charge is 2.24. The van der Waals surface area contributed by atoms with Crippen LogP contribution in [0, 0.1) is 11.8 Å². The third-order valence-electron chi connectivity index (χ3n) is 4.18. The van der Waals surface area contributed by atoms with E-state index in [1.54, 1.807) is 0 Å². The summed E-state index contributed by atoms with van der Waals surface area (Å²) in [5.74, 6) is 0.655. The highest BCUT2D eigenvalue weighted by Crippen LogP contribution is 2.28.